The van der Waals surface area contributed by atoms with Crippen molar-refractivity contribution in [3.63, 3.8) is 0 Å². The number of hydrogen-bond acceptors (Lipinski definition) is 4. The smallest absolute Gasteiger partial charge is 0.326 e. The molecule has 1 aromatic heterocycles. The summed E-state index contributed by atoms with van der Waals surface area (Å²) in [4.78, 5) is 26.8. The van der Waals surface area contributed by atoms with Crippen LogP contribution in [-0.4, -0.2) is 28.0 Å². The second kappa shape index (κ2) is 7.10. The summed E-state index contributed by atoms with van der Waals surface area (Å²) in [5, 5.41) is 14.1. The number of nitrogens with zero attached hydrogens (tertiary/aromatic N) is 1. The van der Waals surface area contributed by atoms with Gasteiger partial charge in [-0.25, -0.2) is 9.78 Å². The Hall–Kier alpha value is -1.43. The topological polar surface area (TPSA) is 79.3 Å². The largest absolute Gasteiger partial charge is 0.480 e. The molecule has 0 radical (unpaired) electrons. The Morgan fingerprint density at radius 3 is 2.78 bits per heavy atom. The van der Waals surface area contributed by atoms with Crippen molar-refractivity contribution in [1.82, 2.24) is 10.3 Å². The number of carbonyl (C=O) groups excluding carboxylic acids is 1. The third kappa shape index (κ3) is 4.83. The lowest BCUT2D eigenvalue weighted by atomic mass is 10.1. The second-order valence-corrected chi connectivity index (χ2v) is 5.10. The number of carboxylic acids is 1. The first-order chi connectivity index (χ1) is 8.52. The molecule has 0 aromatic carbocycles. The highest BCUT2D eigenvalue weighted by atomic mass is 32.1. The third-order valence-corrected chi connectivity index (χ3v) is 3.42. The van der Waals surface area contributed by atoms with Crippen LogP contribution in [-0.2, 0) is 16.0 Å². The molecule has 1 heterocycles. The Morgan fingerprint density at radius 1 is 1.56 bits per heavy atom. The summed E-state index contributed by atoms with van der Waals surface area (Å²) >= 11 is 1.41. The number of thiazole rings is 1. The Morgan fingerprint density at radius 2 is 2.28 bits per heavy atom. The molecule has 1 aromatic rings. The highest BCUT2D eigenvalue weighted by Crippen LogP contribution is 2.09. The van der Waals surface area contributed by atoms with Crippen LogP contribution < -0.4 is 5.32 Å². The summed E-state index contributed by atoms with van der Waals surface area (Å²) in [5.41, 5.74) is 0.878. The number of aryl methyl sites for hydroxylation is 1. The lowest BCUT2D eigenvalue weighted by Gasteiger charge is -2.13. The standard InChI is InChI=1S/C12H18N2O3S/c1-3-4-5-9(12(16)17)14-10(15)6-11-13-8(2)7-18-11/h7,9H,3-6H2,1-2H3,(H,14,15)(H,16,17). The molecular formula is C12H18N2O3S. The number of aliphatic carboxylic acids is 1. The molecule has 0 aliphatic rings. The molecule has 1 amide bonds. The molecule has 1 unspecified atom stereocenters. The highest BCUT2D eigenvalue weighted by Gasteiger charge is 2.19. The second-order valence-electron chi connectivity index (χ2n) is 4.16. The van der Waals surface area contributed by atoms with Crippen LogP contribution in [0.5, 0.6) is 0 Å². The van der Waals surface area contributed by atoms with Crippen molar-refractivity contribution in [1.29, 1.82) is 0 Å². The maximum absolute atomic E-state index is 11.7. The Kier molecular flexibility index (Phi) is 5.77. The van der Waals surface area contributed by atoms with E-state index >= 15 is 0 Å². The fourth-order valence-corrected chi connectivity index (χ4v) is 2.30. The maximum Gasteiger partial charge on any atom is 0.326 e. The molecule has 0 aliphatic carbocycles. The van der Waals surface area contributed by atoms with Crippen molar-refractivity contribution in [2.75, 3.05) is 0 Å². The first-order valence-electron chi connectivity index (χ1n) is 5.96. The predicted octanol–water partition coefficient (Wildman–Crippen LogP) is 1.75. The van der Waals surface area contributed by atoms with Gasteiger partial charge in [-0.3, -0.25) is 4.79 Å². The first kappa shape index (κ1) is 14.6. The molecule has 0 saturated heterocycles. The van der Waals surface area contributed by atoms with Crippen LogP contribution in [0.4, 0.5) is 0 Å². The monoisotopic (exact) mass is 270 g/mol. The van der Waals surface area contributed by atoms with E-state index in [-0.39, 0.29) is 12.3 Å². The number of rotatable bonds is 7. The maximum atomic E-state index is 11.7. The summed E-state index contributed by atoms with van der Waals surface area (Å²) in [6.45, 7) is 3.85. The number of aromatic nitrogens is 1. The summed E-state index contributed by atoms with van der Waals surface area (Å²) in [6, 6.07) is -0.793. The SMILES string of the molecule is CCCCC(NC(=O)Cc1nc(C)cs1)C(=O)O. The highest BCUT2D eigenvalue weighted by molar-refractivity contribution is 7.09. The van der Waals surface area contributed by atoms with E-state index in [0.717, 1.165) is 18.5 Å². The van der Waals surface area contributed by atoms with Crippen LogP contribution in [0.15, 0.2) is 5.38 Å². The number of amides is 1. The molecule has 0 bridgehead atoms. The van der Waals surface area contributed by atoms with Gasteiger partial charge in [-0.15, -0.1) is 11.3 Å². The zero-order chi connectivity index (χ0) is 13.5. The summed E-state index contributed by atoms with van der Waals surface area (Å²) < 4.78 is 0. The van der Waals surface area contributed by atoms with Crippen molar-refractivity contribution in [3.05, 3.63) is 16.1 Å². The van der Waals surface area contributed by atoms with E-state index in [1.807, 2.05) is 19.2 Å². The number of carboxylic acid groups (broad SMARTS) is 1. The van der Waals surface area contributed by atoms with Gasteiger partial charge in [0.15, 0.2) is 0 Å². The van der Waals surface area contributed by atoms with Crippen LogP contribution in [0.3, 0.4) is 0 Å². The van der Waals surface area contributed by atoms with Crippen molar-refractivity contribution in [2.24, 2.45) is 0 Å². The molecule has 6 heteroatoms. The minimum absolute atomic E-state index is 0.147. The van der Waals surface area contributed by atoms with Crippen molar-refractivity contribution >= 4 is 23.2 Å². The quantitative estimate of drug-likeness (QED) is 0.791. The van der Waals surface area contributed by atoms with Gasteiger partial charge in [-0.1, -0.05) is 19.8 Å². The number of unbranched alkanes of at least 4 members (excludes halogenated alkanes) is 1. The van der Waals surface area contributed by atoms with Gasteiger partial charge in [0.25, 0.3) is 0 Å². The van der Waals surface area contributed by atoms with Gasteiger partial charge in [0.2, 0.25) is 5.91 Å². The van der Waals surface area contributed by atoms with E-state index in [2.05, 4.69) is 10.3 Å². The van der Waals surface area contributed by atoms with Crippen molar-refractivity contribution < 1.29 is 14.7 Å². The zero-order valence-corrected chi connectivity index (χ0v) is 11.4. The van der Waals surface area contributed by atoms with E-state index in [1.54, 1.807) is 0 Å². The minimum Gasteiger partial charge on any atom is -0.480 e. The lowest BCUT2D eigenvalue weighted by Crippen LogP contribution is -2.41. The minimum atomic E-state index is -0.980. The fraction of sp³-hybridized carbons (Fsp3) is 0.583. The van der Waals surface area contributed by atoms with Crippen LogP contribution in [0, 0.1) is 6.92 Å². The van der Waals surface area contributed by atoms with E-state index < -0.39 is 12.0 Å². The van der Waals surface area contributed by atoms with Crippen LogP contribution in [0.2, 0.25) is 0 Å². The van der Waals surface area contributed by atoms with E-state index in [4.69, 9.17) is 5.11 Å². The molecule has 1 rings (SSSR count). The molecule has 18 heavy (non-hydrogen) atoms. The van der Waals surface area contributed by atoms with E-state index in [9.17, 15) is 9.59 Å². The molecule has 0 fully saturated rings. The molecule has 100 valence electrons. The van der Waals surface area contributed by atoms with Gasteiger partial charge in [-0.05, 0) is 13.3 Å². The van der Waals surface area contributed by atoms with Gasteiger partial charge in [0.05, 0.1) is 6.42 Å². The van der Waals surface area contributed by atoms with Gasteiger partial charge in [0.1, 0.15) is 11.0 Å². The average molecular weight is 270 g/mol. The Balaban J connectivity index is 2.48. The molecule has 2 N–H and O–H groups in total. The predicted molar refractivity (Wildman–Crippen MR) is 69.6 cm³/mol. The number of nitrogens with one attached hydrogen (secondary N) is 1. The van der Waals surface area contributed by atoms with Gasteiger partial charge < -0.3 is 10.4 Å². The van der Waals surface area contributed by atoms with Crippen LogP contribution >= 0.6 is 11.3 Å². The van der Waals surface area contributed by atoms with Gasteiger partial charge in [-0.2, -0.15) is 0 Å². The van der Waals surface area contributed by atoms with E-state index in [0.29, 0.717) is 11.4 Å². The normalized spacial score (nSPS) is 12.1. The van der Waals surface area contributed by atoms with Crippen molar-refractivity contribution in [3.8, 4) is 0 Å². The van der Waals surface area contributed by atoms with Gasteiger partial charge >= 0.3 is 5.97 Å². The number of carbonyl (C=O) groups is 2. The molecular weight excluding hydrogens is 252 g/mol. The fourth-order valence-electron chi connectivity index (χ4n) is 1.53. The molecule has 0 spiro atoms. The van der Waals surface area contributed by atoms with Crippen molar-refractivity contribution in [2.45, 2.75) is 45.6 Å². The Bertz CT molecular complexity index is 417. The molecule has 5 nitrogen and oxygen atoms in total. The summed E-state index contributed by atoms with van der Waals surface area (Å²) in [5.74, 6) is -1.26. The molecule has 0 aliphatic heterocycles. The van der Waals surface area contributed by atoms with E-state index in [1.165, 1.54) is 11.3 Å². The number of hydrogen-bond donors (Lipinski definition) is 2. The zero-order valence-electron chi connectivity index (χ0n) is 10.6. The average Bonchev–Trinajstić information content (AvgIpc) is 2.69. The van der Waals surface area contributed by atoms with Crippen LogP contribution in [0.1, 0.15) is 36.9 Å². The Labute approximate surface area is 110 Å². The lowest BCUT2D eigenvalue weighted by molar-refractivity contribution is -0.142. The van der Waals surface area contributed by atoms with Crippen LogP contribution in [0.25, 0.3) is 0 Å². The summed E-state index contributed by atoms with van der Waals surface area (Å²) in [6.07, 6.45) is 2.31. The van der Waals surface area contributed by atoms with Gasteiger partial charge in [0, 0.05) is 11.1 Å². The third-order valence-electron chi connectivity index (χ3n) is 2.46. The molecule has 1 atom stereocenters. The first-order valence-corrected chi connectivity index (χ1v) is 6.84. The summed E-state index contributed by atoms with van der Waals surface area (Å²) in [7, 11) is 0. The molecule has 0 saturated carbocycles.